The van der Waals surface area contributed by atoms with Crippen LogP contribution in [-0.4, -0.2) is 12.5 Å². The van der Waals surface area contributed by atoms with Crippen LogP contribution in [0.15, 0.2) is 12.1 Å². The minimum atomic E-state index is -0.114. The lowest BCUT2D eigenvalue weighted by atomic mass is 10.1. The zero-order chi connectivity index (χ0) is 10.1. The Morgan fingerprint density at radius 1 is 1.53 bits per heavy atom. The molecule has 0 spiro atoms. The van der Waals surface area contributed by atoms with Crippen molar-refractivity contribution in [3.8, 4) is 5.75 Å². The Morgan fingerprint density at radius 2 is 2.27 bits per heavy atom. The first-order valence-corrected chi connectivity index (χ1v) is 4.47. The van der Waals surface area contributed by atoms with Crippen molar-refractivity contribution in [3.63, 3.8) is 0 Å². The molecule has 82 valence electrons. The largest absolute Gasteiger partial charge is 0.481 e. The molecule has 15 heavy (non-hydrogen) atoms. The van der Waals surface area contributed by atoms with Crippen LogP contribution in [0.4, 0.5) is 5.69 Å². The minimum Gasteiger partial charge on any atom is -0.481 e. The van der Waals surface area contributed by atoms with Gasteiger partial charge in [-0.3, -0.25) is 4.79 Å². The summed E-state index contributed by atoms with van der Waals surface area (Å²) in [5.41, 5.74) is 8.35. The third-order valence-corrected chi connectivity index (χ3v) is 2.36. The summed E-state index contributed by atoms with van der Waals surface area (Å²) < 4.78 is 5.34. The van der Waals surface area contributed by atoms with Crippen LogP contribution in [-0.2, 0) is 11.3 Å². The molecule has 5 heteroatoms. The van der Waals surface area contributed by atoms with E-state index in [-0.39, 0.29) is 24.9 Å². The van der Waals surface area contributed by atoms with E-state index in [0.717, 1.165) is 22.6 Å². The lowest BCUT2D eigenvalue weighted by molar-refractivity contribution is -0.118. The van der Waals surface area contributed by atoms with Crippen molar-refractivity contribution in [1.82, 2.24) is 0 Å². The van der Waals surface area contributed by atoms with Gasteiger partial charge in [0.25, 0.3) is 5.91 Å². The quantitative estimate of drug-likeness (QED) is 0.759. The van der Waals surface area contributed by atoms with Gasteiger partial charge in [0, 0.05) is 6.54 Å². The fraction of sp³-hybridized carbons (Fsp3) is 0.300. The molecule has 4 nitrogen and oxygen atoms in total. The van der Waals surface area contributed by atoms with Gasteiger partial charge in [0.2, 0.25) is 0 Å². The molecule has 1 aromatic carbocycles. The van der Waals surface area contributed by atoms with Gasteiger partial charge in [-0.1, -0.05) is 6.07 Å². The summed E-state index contributed by atoms with van der Waals surface area (Å²) in [5, 5.41) is 2.75. The first-order valence-electron chi connectivity index (χ1n) is 4.47. The van der Waals surface area contributed by atoms with Gasteiger partial charge in [0.05, 0.1) is 5.69 Å². The van der Waals surface area contributed by atoms with Crippen LogP contribution >= 0.6 is 12.4 Å². The number of carbonyl (C=O) groups excluding carboxylic acids is 1. The highest BCUT2D eigenvalue weighted by atomic mass is 35.5. The first-order chi connectivity index (χ1) is 6.72. The zero-order valence-electron chi connectivity index (χ0n) is 8.37. The summed E-state index contributed by atoms with van der Waals surface area (Å²) in [6.45, 7) is 2.51. The van der Waals surface area contributed by atoms with Crippen LogP contribution in [0.5, 0.6) is 5.75 Å². The Morgan fingerprint density at radius 3 is 2.93 bits per heavy atom. The summed E-state index contributed by atoms with van der Waals surface area (Å²) in [4.78, 5) is 11.0. The van der Waals surface area contributed by atoms with Crippen LogP contribution in [0.25, 0.3) is 0 Å². The van der Waals surface area contributed by atoms with Crippen molar-refractivity contribution in [2.24, 2.45) is 5.73 Å². The molecule has 0 aliphatic carbocycles. The molecule has 1 aliphatic rings. The molecule has 1 amide bonds. The van der Waals surface area contributed by atoms with Crippen LogP contribution in [0.1, 0.15) is 11.1 Å². The molecule has 1 heterocycles. The summed E-state index contributed by atoms with van der Waals surface area (Å²) in [7, 11) is 0. The van der Waals surface area contributed by atoms with Crippen LogP contribution < -0.4 is 15.8 Å². The van der Waals surface area contributed by atoms with Crippen molar-refractivity contribution >= 4 is 24.0 Å². The number of nitrogens with one attached hydrogen (secondary N) is 1. The molecule has 0 unspecified atom stereocenters. The first kappa shape index (κ1) is 11.8. The molecule has 0 bridgehead atoms. The predicted molar refractivity (Wildman–Crippen MR) is 60.4 cm³/mol. The van der Waals surface area contributed by atoms with E-state index < -0.39 is 0 Å². The zero-order valence-corrected chi connectivity index (χ0v) is 9.19. The van der Waals surface area contributed by atoms with Crippen LogP contribution in [0.3, 0.4) is 0 Å². The Kier molecular flexibility index (Phi) is 3.55. The number of nitrogens with two attached hydrogens (primary N) is 1. The lowest BCUT2D eigenvalue weighted by Gasteiger charge is -2.21. The van der Waals surface area contributed by atoms with E-state index in [4.69, 9.17) is 10.5 Å². The van der Waals surface area contributed by atoms with Gasteiger partial charge in [0.1, 0.15) is 5.75 Å². The van der Waals surface area contributed by atoms with Crippen molar-refractivity contribution < 1.29 is 9.53 Å². The van der Waals surface area contributed by atoms with Crippen LogP contribution in [0, 0.1) is 6.92 Å². The van der Waals surface area contributed by atoms with E-state index in [1.54, 1.807) is 0 Å². The van der Waals surface area contributed by atoms with E-state index in [9.17, 15) is 4.79 Å². The third-order valence-electron chi connectivity index (χ3n) is 2.36. The maximum atomic E-state index is 11.0. The second-order valence-corrected chi connectivity index (χ2v) is 3.27. The topological polar surface area (TPSA) is 64.3 Å². The Balaban J connectivity index is 0.00000112. The van der Waals surface area contributed by atoms with E-state index in [0.29, 0.717) is 6.54 Å². The monoisotopic (exact) mass is 228 g/mol. The normalized spacial score (nSPS) is 13.3. The van der Waals surface area contributed by atoms with Gasteiger partial charge < -0.3 is 15.8 Å². The number of ether oxygens (including phenoxy) is 1. The Hall–Kier alpha value is -1.26. The maximum Gasteiger partial charge on any atom is 0.262 e. The average Bonchev–Trinajstić information content (AvgIpc) is 2.18. The number of anilines is 1. The van der Waals surface area contributed by atoms with Gasteiger partial charge in [-0.2, -0.15) is 0 Å². The van der Waals surface area contributed by atoms with E-state index >= 15 is 0 Å². The van der Waals surface area contributed by atoms with Crippen molar-refractivity contribution in [3.05, 3.63) is 23.3 Å². The van der Waals surface area contributed by atoms with Crippen molar-refractivity contribution in [2.75, 3.05) is 11.9 Å². The third kappa shape index (κ3) is 2.06. The molecule has 0 radical (unpaired) electrons. The molecular formula is C10H13ClN2O2. The number of benzene rings is 1. The summed E-state index contributed by atoms with van der Waals surface area (Å²) in [6.07, 6.45) is 0. The number of amides is 1. The Bertz CT molecular complexity index is 393. The number of hydrogen-bond acceptors (Lipinski definition) is 3. The molecule has 1 aromatic rings. The van der Waals surface area contributed by atoms with Gasteiger partial charge in [-0.15, -0.1) is 12.4 Å². The molecule has 3 N–H and O–H groups in total. The molecule has 0 atom stereocenters. The highest BCUT2D eigenvalue weighted by molar-refractivity contribution is 5.95. The average molecular weight is 229 g/mol. The van der Waals surface area contributed by atoms with Crippen molar-refractivity contribution in [1.29, 1.82) is 0 Å². The van der Waals surface area contributed by atoms with Gasteiger partial charge in [0.15, 0.2) is 6.61 Å². The Labute approximate surface area is 94.2 Å². The highest BCUT2D eigenvalue weighted by Crippen LogP contribution is 2.33. The second kappa shape index (κ2) is 4.51. The van der Waals surface area contributed by atoms with E-state index in [1.165, 1.54) is 0 Å². The highest BCUT2D eigenvalue weighted by Gasteiger charge is 2.18. The fourth-order valence-corrected chi connectivity index (χ4v) is 1.56. The molecule has 1 aliphatic heterocycles. The molecule has 0 saturated carbocycles. The van der Waals surface area contributed by atoms with Crippen molar-refractivity contribution in [2.45, 2.75) is 13.5 Å². The second-order valence-electron chi connectivity index (χ2n) is 3.27. The fourth-order valence-electron chi connectivity index (χ4n) is 1.56. The van der Waals surface area contributed by atoms with Gasteiger partial charge in [-0.05, 0) is 24.1 Å². The van der Waals surface area contributed by atoms with Crippen LogP contribution in [0.2, 0.25) is 0 Å². The lowest BCUT2D eigenvalue weighted by Crippen LogP contribution is -2.26. The standard InChI is InChI=1S/C10H12N2O2.ClH/c1-6-7(4-11)2-3-8-10(6)14-5-9(13)12-8;/h2-3H,4-5,11H2,1H3,(H,12,13);1H. The number of fused-ring (bicyclic) bond motifs is 1. The number of halogens is 1. The smallest absolute Gasteiger partial charge is 0.262 e. The molecule has 0 fully saturated rings. The summed E-state index contributed by atoms with van der Waals surface area (Å²) >= 11 is 0. The summed E-state index contributed by atoms with van der Waals surface area (Å²) in [5.74, 6) is 0.630. The number of carbonyl (C=O) groups is 1. The molecule has 2 rings (SSSR count). The minimum absolute atomic E-state index is 0. The summed E-state index contributed by atoms with van der Waals surface area (Å²) in [6, 6.07) is 3.73. The maximum absolute atomic E-state index is 11.0. The molecule has 0 saturated heterocycles. The van der Waals surface area contributed by atoms with Gasteiger partial charge in [-0.25, -0.2) is 0 Å². The molecular weight excluding hydrogens is 216 g/mol. The predicted octanol–water partition coefficient (Wildman–Crippen LogP) is 1.21. The van der Waals surface area contributed by atoms with E-state index in [1.807, 2.05) is 19.1 Å². The number of rotatable bonds is 1. The number of hydrogen-bond donors (Lipinski definition) is 2. The van der Waals surface area contributed by atoms with E-state index in [2.05, 4.69) is 5.32 Å². The van der Waals surface area contributed by atoms with Gasteiger partial charge >= 0.3 is 0 Å². The SMILES string of the molecule is Cc1c(CN)ccc2c1OCC(=O)N2.Cl. The molecule has 0 aromatic heterocycles.